The Bertz CT molecular complexity index is 80.1. The molecular weight excluding hydrogens is 133 g/mol. The van der Waals surface area contributed by atoms with Crippen molar-refractivity contribution in [3.05, 3.63) is 24.3 Å². The fourth-order valence-corrected chi connectivity index (χ4v) is 1.14. The Kier molecular flexibility index (Phi) is 1.15. The van der Waals surface area contributed by atoms with Gasteiger partial charge in [-0.1, -0.05) is 0 Å². The van der Waals surface area contributed by atoms with Gasteiger partial charge in [0.2, 0.25) is 0 Å². The molecule has 1 aliphatic rings. The van der Waals surface area contributed by atoms with Crippen LogP contribution in [0.4, 0.5) is 0 Å². The van der Waals surface area contributed by atoms with Gasteiger partial charge < -0.3 is 0 Å². The zero-order chi connectivity index (χ0) is 4.41. The molecule has 0 aromatic heterocycles. The van der Waals surface area contributed by atoms with Crippen LogP contribution < -0.4 is 0 Å². The van der Waals surface area contributed by atoms with E-state index in [0.29, 0.717) is 0 Å². The first kappa shape index (κ1) is 4.19. The third-order valence-electron chi connectivity index (χ3n) is 0.828. The number of allylic oxidation sites excluding steroid dienone is 4. The first-order valence-corrected chi connectivity index (χ1v) is 3.79. The summed E-state index contributed by atoms with van der Waals surface area (Å²) in [4.78, 5) is 0. The van der Waals surface area contributed by atoms with Gasteiger partial charge in [0.15, 0.2) is 0 Å². The zero-order valence-electron chi connectivity index (χ0n) is 3.59. The van der Waals surface area contributed by atoms with Gasteiger partial charge in [-0.15, -0.1) is 0 Å². The van der Waals surface area contributed by atoms with E-state index in [1.807, 2.05) is 0 Å². The average molecular weight is 140 g/mol. The molecule has 0 bridgehead atoms. The van der Waals surface area contributed by atoms with Crippen LogP contribution in [0.2, 0.25) is 4.75 Å². The van der Waals surface area contributed by atoms with E-state index in [1.54, 1.807) is 0 Å². The normalized spacial score (nSPS) is 20.2. The maximum atomic E-state index is 2.22. The zero-order valence-corrected chi connectivity index (χ0v) is 6.56. The molecule has 1 radical (unpaired) electrons. The first-order valence-electron chi connectivity index (χ1n) is 2.07. The van der Waals surface area contributed by atoms with Crippen molar-refractivity contribution in [2.24, 2.45) is 0 Å². The predicted molar refractivity (Wildman–Crippen MR) is 30.6 cm³/mol. The molecule has 6 heavy (non-hydrogen) atoms. The van der Waals surface area contributed by atoms with E-state index in [1.165, 1.54) is 16.5 Å². The fourth-order valence-electron chi connectivity index (χ4n) is 0.478. The molecule has 0 aromatic rings. The molecule has 1 heteroatoms. The Morgan fingerprint density at radius 3 is 1.83 bits per heavy atom. The summed E-state index contributed by atoms with van der Waals surface area (Å²) < 4.78 is 0.810. The van der Waals surface area contributed by atoms with Crippen LogP contribution in [-0.4, -0.2) is 16.5 Å². The summed E-state index contributed by atoms with van der Waals surface area (Å²) in [6.45, 7) is 0. The van der Waals surface area contributed by atoms with E-state index in [4.69, 9.17) is 0 Å². The van der Waals surface area contributed by atoms with Crippen molar-refractivity contribution in [2.75, 3.05) is 0 Å². The van der Waals surface area contributed by atoms with Crippen molar-refractivity contribution in [1.82, 2.24) is 0 Å². The van der Waals surface area contributed by atoms with Crippen LogP contribution in [0.25, 0.3) is 0 Å². The van der Waals surface area contributed by atoms with Crippen LogP contribution >= 0.6 is 0 Å². The molecule has 0 aliphatic heterocycles. The predicted octanol–water partition coefficient (Wildman–Crippen LogP) is 0.534. The second-order valence-corrected chi connectivity index (χ2v) is 3.41. The minimum atomic E-state index is 0.810. The van der Waals surface area contributed by atoms with Gasteiger partial charge in [0.05, 0.1) is 0 Å². The molecule has 0 fully saturated rings. The molecule has 1 rings (SSSR count). The molecule has 0 heterocycles. The van der Waals surface area contributed by atoms with Gasteiger partial charge in [0.25, 0.3) is 0 Å². The van der Waals surface area contributed by atoms with E-state index < -0.39 is 0 Å². The maximum absolute atomic E-state index is 2.22. The first-order chi connectivity index (χ1) is 2.89. The monoisotopic (exact) mass is 141 g/mol. The summed E-state index contributed by atoms with van der Waals surface area (Å²) in [5.41, 5.74) is 0. The van der Waals surface area contributed by atoms with Crippen LogP contribution in [0, 0.1) is 0 Å². The van der Waals surface area contributed by atoms with Crippen LogP contribution in [0.15, 0.2) is 24.3 Å². The van der Waals surface area contributed by atoms with Crippen molar-refractivity contribution < 1.29 is 0 Å². The van der Waals surface area contributed by atoms with Crippen molar-refractivity contribution in [3.8, 4) is 0 Å². The topological polar surface area (TPSA) is 0 Å². The van der Waals surface area contributed by atoms with Crippen LogP contribution in [0.3, 0.4) is 0 Å². The summed E-state index contributed by atoms with van der Waals surface area (Å²) in [5.74, 6) is 0. The van der Waals surface area contributed by atoms with Gasteiger partial charge in [-0.2, -0.15) is 0 Å². The fraction of sp³-hybridized carbons (Fsp3) is 0.200. The average Bonchev–Trinajstić information content (AvgIpc) is 1.86. The summed E-state index contributed by atoms with van der Waals surface area (Å²) in [6, 6.07) is 0. The summed E-state index contributed by atoms with van der Waals surface area (Å²) in [6.07, 6.45) is 8.66. The summed E-state index contributed by atoms with van der Waals surface area (Å²) in [5, 5.41) is 0. The molecule has 0 nitrogen and oxygen atoms in total. The molecule has 0 N–H and O–H groups in total. The van der Waals surface area contributed by atoms with Crippen molar-refractivity contribution >= 4 is 16.5 Å². The van der Waals surface area contributed by atoms with E-state index in [-0.39, 0.29) is 0 Å². The van der Waals surface area contributed by atoms with E-state index >= 15 is 0 Å². The Balaban J connectivity index is 2.60. The molecule has 0 atom stereocenters. The van der Waals surface area contributed by atoms with Gasteiger partial charge in [-0.3, -0.25) is 0 Å². The number of hydrogen-bond acceptors (Lipinski definition) is 0. The molecule has 31 valence electrons. The Labute approximate surface area is 46.2 Å². The summed E-state index contributed by atoms with van der Waals surface area (Å²) in [7, 11) is 0. The van der Waals surface area contributed by atoms with Gasteiger partial charge >= 0.3 is 45.6 Å². The van der Waals surface area contributed by atoms with E-state index in [9.17, 15) is 0 Å². The Morgan fingerprint density at radius 2 is 1.67 bits per heavy atom. The molecule has 0 aromatic carbocycles. The molecule has 0 spiro atoms. The Hall–Kier alpha value is 0.0229. The molecule has 0 amide bonds. The van der Waals surface area contributed by atoms with Crippen molar-refractivity contribution in [1.29, 1.82) is 0 Å². The van der Waals surface area contributed by atoms with Crippen LogP contribution in [0.5, 0.6) is 0 Å². The second kappa shape index (κ2) is 1.65. The third kappa shape index (κ3) is 0.745. The molecule has 0 unspecified atom stereocenters. The van der Waals surface area contributed by atoms with Gasteiger partial charge in [0, 0.05) is 0 Å². The van der Waals surface area contributed by atoms with Gasteiger partial charge in [-0.25, -0.2) is 0 Å². The van der Waals surface area contributed by atoms with Gasteiger partial charge in [-0.05, 0) is 0 Å². The number of hydrogen-bond donors (Lipinski definition) is 0. The second-order valence-electron chi connectivity index (χ2n) is 1.43. The SMILES string of the molecule is [GeH2][CH]1C=CC=C1. The molecular formula is C5H7Ge. The number of rotatable bonds is 0. The van der Waals surface area contributed by atoms with E-state index in [0.717, 1.165) is 4.75 Å². The van der Waals surface area contributed by atoms with Crippen LogP contribution in [-0.2, 0) is 0 Å². The van der Waals surface area contributed by atoms with E-state index in [2.05, 4.69) is 24.3 Å². The van der Waals surface area contributed by atoms with Crippen LogP contribution in [0.1, 0.15) is 0 Å². The quantitative estimate of drug-likeness (QED) is 0.430. The van der Waals surface area contributed by atoms with Crippen molar-refractivity contribution in [2.45, 2.75) is 4.75 Å². The minimum absolute atomic E-state index is 0.810. The van der Waals surface area contributed by atoms with Gasteiger partial charge in [0.1, 0.15) is 0 Å². The molecule has 1 aliphatic carbocycles. The molecule has 0 saturated heterocycles. The third-order valence-corrected chi connectivity index (χ3v) is 1.97. The standard InChI is InChI=1S/C5H7Ge/c6-5-3-1-2-4-5/h1-5H,6H2. The summed E-state index contributed by atoms with van der Waals surface area (Å²) >= 11 is 1.37. The molecule has 0 saturated carbocycles. The van der Waals surface area contributed by atoms with Crippen molar-refractivity contribution in [3.63, 3.8) is 0 Å². The Morgan fingerprint density at radius 1 is 1.17 bits per heavy atom.